The molecule has 2 atom stereocenters. The highest BCUT2D eigenvalue weighted by molar-refractivity contribution is 5.59. The summed E-state index contributed by atoms with van der Waals surface area (Å²) in [6, 6.07) is 9.15. The molecule has 1 heterocycles. The Morgan fingerprint density at radius 3 is 2.78 bits per heavy atom. The van der Waals surface area contributed by atoms with Gasteiger partial charge in [-0.3, -0.25) is 0 Å². The van der Waals surface area contributed by atoms with Crippen molar-refractivity contribution in [2.75, 3.05) is 11.4 Å². The molecule has 2 nitrogen and oxygen atoms in total. The van der Waals surface area contributed by atoms with Crippen molar-refractivity contribution in [3.05, 3.63) is 29.8 Å². The van der Waals surface area contributed by atoms with E-state index in [1.54, 1.807) is 0 Å². The fourth-order valence-corrected chi connectivity index (χ4v) is 3.60. The van der Waals surface area contributed by atoms with Crippen LogP contribution in [0, 0.1) is 5.92 Å². The lowest BCUT2D eigenvalue weighted by atomic mass is 10.0. The van der Waals surface area contributed by atoms with Crippen LogP contribution in [0.25, 0.3) is 0 Å². The van der Waals surface area contributed by atoms with Gasteiger partial charge in [-0.2, -0.15) is 0 Å². The van der Waals surface area contributed by atoms with Crippen molar-refractivity contribution in [3.63, 3.8) is 0 Å². The number of benzene rings is 1. The van der Waals surface area contributed by atoms with E-state index in [0.29, 0.717) is 12.0 Å². The molecule has 0 spiro atoms. The van der Waals surface area contributed by atoms with E-state index in [-0.39, 0.29) is 6.10 Å². The van der Waals surface area contributed by atoms with Gasteiger partial charge in [0.05, 0.1) is 6.10 Å². The molecule has 0 bridgehead atoms. The molecule has 0 aromatic heterocycles. The normalized spacial score (nSPS) is 25.4. The van der Waals surface area contributed by atoms with E-state index >= 15 is 0 Å². The average molecular weight is 245 g/mol. The molecule has 1 N–H and O–H groups in total. The number of aliphatic hydroxyl groups excluding tert-OH is 1. The van der Waals surface area contributed by atoms with Crippen LogP contribution in [0.5, 0.6) is 0 Å². The number of fused-ring (bicyclic) bond motifs is 1. The van der Waals surface area contributed by atoms with Crippen LogP contribution in [0.15, 0.2) is 24.3 Å². The standard InChI is InChI=1S/C16H23NO/c1-12-10-14-8-4-5-9-15(14)17(12)11-16(18)13-6-2-3-7-13/h4-5,8-9,12-13,16,18H,2-3,6-7,10-11H2,1H3. The maximum atomic E-state index is 10.4. The van der Waals surface area contributed by atoms with Crippen molar-refractivity contribution in [1.29, 1.82) is 0 Å². The van der Waals surface area contributed by atoms with E-state index in [1.807, 2.05) is 0 Å². The third-order valence-corrected chi connectivity index (χ3v) is 4.68. The number of aliphatic hydroxyl groups is 1. The Morgan fingerprint density at radius 1 is 1.28 bits per heavy atom. The zero-order valence-corrected chi connectivity index (χ0v) is 11.2. The first kappa shape index (κ1) is 12.0. The minimum absolute atomic E-state index is 0.152. The van der Waals surface area contributed by atoms with E-state index < -0.39 is 0 Å². The molecule has 2 heteroatoms. The van der Waals surface area contributed by atoms with E-state index in [0.717, 1.165) is 13.0 Å². The third kappa shape index (κ3) is 2.14. The summed E-state index contributed by atoms with van der Waals surface area (Å²) in [5, 5.41) is 10.4. The molecule has 1 fully saturated rings. The lowest BCUT2D eigenvalue weighted by Crippen LogP contribution is -2.39. The zero-order chi connectivity index (χ0) is 12.5. The van der Waals surface area contributed by atoms with Gasteiger partial charge in [-0.25, -0.2) is 0 Å². The average Bonchev–Trinajstić information content (AvgIpc) is 2.98. The molecule has 98 valence electrons. The number of anilines is 1. The monoisotopic (exact) mass is 245 g/mol. The van der Waals surface area contributed by atoms with Gasteiger partial charge in [0.15, 0.2) is 0 Å². The molecular formula is C16H23NO. The second-order valence-electron chi connectivity index (χ2n) is 5.95. The van der Waals surface area contributed by atoms with Crippen molar-refractivity contribution in [2.24, 2.45) is 5.92 Å². The Kier molecular flexibility index (Phi) is 3.29. The fraction of sp³-hybridized carbons (Fsp3) is 0.625. The van der Waals surface area contributed by atoms with Gasteiger partial charge in [-0.1, -0.05) is 31.0 Å². The van der Waals surface area contributed by atoms with Gasteiger partial charge in [-0.05, 0) is 43.7 Å². The molecule has 2 aliphatic rings. The Morgan fingerprint density at radius 2 is 2.00 bits per heavy atom. The van der Waals surface area contributed by atoms with Crippen LogP contribution in [0.1, 0.15) is 38.2 Å². The summed E-state index contributed by atoms with van der Waals surface area (Å²) in [5.41, 5.74) is 2.77. The van der Waals surface area contributed by atoms with Crippen molar-refractivity contribution >= 4 is 5.69 Å². The topological polar surface area (TPSA) is 23.5 Å². The van der Waals surface area contributed by atoms with Crippen molar-refractivity contribution in [2.45, 2.75) is 51.2 Å². The molecule has 18 heavy (non-hydrogen) atoms. The summed E-state index contributed by atoms with van der Waals surface area (Å²) in [6.07, 6.45) is 5.99. The largest absolute Gasteiger partial charge is 0.391 e. The Balaban J connectivity index is 1.72. The second-order valence-corrected chi connectivity index (χ2v) is 5.95. The minimum Gasteiger partial charge on any atom is -0.391 e. The molecule has 1 aliphatic heterocycles. The molecule has 1 aromatic rings. The van der Waals surface area contributed by atoms with Crippen LogP contribution >= 0.6 is 0 Å². The number of hydrogen-bond acceptors (Lipinski definition) is 2. The highest BCUT2D eigenvalue weighted by Crippen LogP contribution is 2.34. The van der Waals surface area contributed by atoms with Gasteiger partial charge in [0.25, 0.3) is 0 Å². The summed E-state index contributed by atoms with van der Waals surface area (Å²) < 4.78 is 0. The van der Waals surface area contributed by atoms with Crippen LogP contribution in [-0.4, -0.2) is 23.8 Å². The summed E-state index contributed by atoms with van der Waals surface area (Å²) in [4.78, 5) is 2.40. The highest BCUT2D eigenvalue weighted by atomic mass is 16.3. The number of hydrogen-bond donors (Lipinski definition) is 1. The number of β-amino-alcohol motifs (C(OH)–C–C–N with tert-alkyl or cyclic N) is 1. The molecule has 1 aliphatic carbocycles. The molecule has 2 unspecified atom stereocenters. The Labute approximate surface area is 110 Å². The Bertz CT molecular complexity index is 411. The number of nitrogens with zero attached hydrogens (tertiary/aromatic N) is 1. The maximum absolute atomic E-state index is 10.4. The van der Waals surface area contributed by atoms with Crippen LogP contribution in [-0.2, 0) is 6.42 Å². The van der Waals surface area contributed by atoms with Crippen molar-refractivity contribution in [1.82, 2.24) is 0 Å². The number of para-hydroxylation sites is 1. The van der Waals surface area contributed by atoms with Gasteiger partial charge in [0, 0.05) is 18.3 Å². The molecule has 0 amide bonds. The van der Waals surface area contributed by atoms with Crippen molar-refractivity contribution in [3.8, 4) is 0 Å². The molecule has 0 saturated heterocycles. The lowest BCUT2D eigenvalue weighted by Gasteiger charge is -2.30. The molecule has 0 radical (unpaired) electrons. The minimum atomic E-state index is -0.152. The quantitative estimate of drug-likeness (QED) is 0.885. The van der Waals surface area contributed by atoms with Gasteiger partial charge < -0.3 is 10.0 Å². The van der Waals surface area contributed by atoms with Gasteiger partial charge >= 0.3 is 0 Å². The van der Waals surface area contributed by atoms with Crippen molar-refractivity contribution < 1.29 is 5.11 Å². The van der Waals surface area contributed by atoms with Gasteiger partial charge in [-0.15, -0.1) is 0 Å². The summed E-state index contributed by atoms with van der Waals surface area (Å²) >= 11 is 0. The predicted molar refractivity (Wildman–Crippen MR) is 74.9 cm³/mol. The second kappa shape index (κ2) is 4.93. The summed E-state index contributed by atoms with van der Waals surface area (Å²) in [5.74, 6) is 0.532. The first-order valence-corrected chi connectivity index (χ1v) is 7.28. The first-order valence-electron chi connectivity index (χ1n) is 7.28. The fourth-order valence-electron chi connectivity index (χ4n) is 3.60. The predicted octanol–water partition coefficient (Wildman–Crippen LogP) is 2.99. The van der Waals surface area contributed by atoms with Crippen LogP contribution in [0.2, 0.25) is 0 Å². The molecular weight excluding hydrogens is 222 g/mol. The lowest BCUT2D eigenvalue weighted by molar-refractivity contribution is 0.115. The van der Waals surface area contributed by atoms with E-state index in [2.05, 4.69) is 36.1 Å². The third-order valence-electron chi connectivity index (χ3n) is 4.68. The maximum Gasteiger partial charge on any atom is 0.0743 e. The summed E-state index contributed by atoms with van der Waals surface area (Å²) in [6.45, 7) is 3.07. The molecule has 1 saturated carbocycles. The smallest absolute Gasteiger partial charge is 0.0743 e. The summed E-state index contributed by atoms with van der Waals surface area (Å²) in [7, 11) is 0. The SMILES string of the molecule is CC1Cc2ccccc2N1CC(O)C1CCCC1. The van der Waals surface area contributed by atoms with Crippen LogP contribution in [0.3, 0.4) is 0 Å². The van der Waals surface area contributed by atoms with Crippen LogP contribution in [0.4, 0.5) is 5.69 Å². The number of rotatable bonds is 3. The zero-order valence-electron chi connectivity index (χ0n) is 11.2. The highest BCUT2D eigenvalue weighted by Gasteiger charge is 2.30. The molecule has 3 rings (SSSR count). The molecule has 1 aromatic carbocycles. The Hall–Kier alpha value is -1.02. The first-order chi connectivity index (χ1) is 8.75. The van der Waals surface area contributed by atoms with E-state index in [9.17, 15) is 5.11 Å². The van der Waals surface area contributed by atoms with Gasteiger partial charge in [0.1, 0.15) is 0 Å². The van der Waals surface area contributed by atoms with Crippen LogP contribution < -0.4 is 4.90 Å². The van der Waals surface area contributed by atoms with Gasteiger partial charge in [0.2, 0.25) is 0 Å². The van der Waals surface area contributed by atoms with E-state index in [4.69, 9.17) is 0 Å². The van der Waals surface area contributed by atoms with E-state index in [1.165, 1.54) is 36.9 Å².